The molecule has 1 spiro atoms. The first-order valence-electron chi connectivity index (χ1n) is 16.6. The van der Waals surface area contributed by atoms with Crippen LogP contribution in [0.25, 0.3) is 11.0 Å². The molecule has 10 nitrogen and oxygen atoms in total. The Bertz CT molecular complexity index is 1440. The van der Waals surface area contributed by atoms with Gasteiger partial charge in [0.05, 0.1) is 30.7 Å². The number of ether oxygens (including phenoxy) is 3. The number of aromatic nitrogens is 2. The number of fused-ring (bicyclic) bond motifs is 8. The first-order valence-corrected chi connectivity index (χ1v) is 16.6. The van der Waals surface area contributed by atoms with Gasteiger partial charge in [0, 0.05) is 17.4 Å². The topological polar surface area (TPSA) is 120 Å². The largest absolute Gasteiger partial charge is 0.497 e. The lowest BCUT2D eigenvalue weighted by molar-refractivity contribution is -0.137. The molecular formula is C34H44N4O6. The molecule has 7 rings (SSSR count). The zero-order chi connectivity index (χ0) is 30.6. The van der Waals surface area contributed by atoms with Gasteiger partial charge < -0.3 is 29.2 Å². The normalized spacial score (nSPS) is 34.5. The van der Waals surface area contributed by atoms with Crippen LogP contribution in [0.5, 0.6) is 11.6 Å². The van der Waals surface area contributed by atoms with Crippen molar-refractivity contribution in [2.75, 3.05) is 13.7 Å². The number of aldehydes is 1. The van der Waals surface area contributed by atoms with Crippen LogP contribution in [0.3, 0.4) is 0 Å². The van der Waals surface area contributed by atoms with Gasteiger partial charge in [0.2, 0.25) is 11.8 Å². The predicted octanol–water partition coefficient (Wildman–Crippen LogP) is 4.96. The zero-order valence-electron chi connectivity index (χ0n) is 26.0. The van der Waals surface area contributed by atoms with Crippen LogP contribution in [-0.2, 0) is 19.7 Å². The molecule has 2 unspecified atom stereocenters. The fraction of sp³-hybridized carbons (Fsp3) is 0.676. The summed E-state index contributed by atoms with van der Waals surface area (Å²) in [7, 11) is 1.63. The molecule has 10 heteroatoms. The SMILES string of the molecule is CC[C@@H]1[C@@H]2CN(C(=O)[C@H](CC)NC(=O)O[C@@H]3CC4CC4[C@H]3CCCCC3(CC3)c3nc4ccc(OC)cc4nc3O2)[C@@H]1C=O. The summed E-state index contributed by atoms with van der Waals surface area (Å²) < 4.78 is 18.2. The van der Waals surface area contributed by atoms with E-state index < -0.39 is 24.3 Å². The van der Waals surface area contributed by atoms with E-state index in [9.17, 15) is 14.4 Å². The number of nitrogens with one attached hydrogen (secondary N) is 1. The summed E-state index contributed by atoms with van der Waals surface area (Å²) >= 11 is 0. The Morgan fingerprint density at radius 3 is 2.59 bits per heavy atom. The van der Waals surface area contributed by atoms with Crippen molar-refractivity contribution in [3.8, 4) is 11.6 Å². The molecule has 1 saturated heterocycles. The molecule has 0 radical (unpaired) electrons. The molecule has 2 amide bonds. The summed E-state index contributed by atoms with van der Waals surface area (Å²) in [6.07, 6.45) is 9.15. The van der Waals surface area contributed by atoms with Crippen molar-refractivity contribution in [2.24, 2.45) is 23.7 Å². The molecule has 1 aromatic heterocycles. The van der Waals surface area contributed by atoms with E-state index in [1.165, 1.54) is 6.42 Å². The van der Waals surface area contributed by atoms with Crippen molar-refractivity contribution in [1.29, 1.82) is 0 Å². The van der Waals surface area contributed by atoms with Crippen LogP contribution in [0.2, 0.25) is 0 Å². The van der Waals surface area contributed by atoms with Crippen molar-refractivity contribution >= 4 is 29.3 Å². The third-order valence-corrected chi connectivity index (χ3v) is 11.2. The summed E-state index contributed by atoms with van der Waals surface area (Å²) in [5.41, 5.74) is 2.28. The first-order chi connectivity index (χ1) is 21.4. The number of carbonyl (C=O) groups is 3. The molecule has 2 aliphatic heterocycles. The Labute approximate surface area is 258 Å². The van der Waals surface area contributed by atoms with Crippen molar-refractivity contribution in [2.45, 2.75) is 108 Å². The lowest BCUT2D eigenvalue weighted by Gasteiger charge is -2.28. The second-order valence-corrected chi connectivity index (χ2v) is 13.7. The van der Waals surface area contributed by atoms with Crippen LogP contribution in [0.1, 0.15) is 83.7 Å². The van der Waals surface area contributed by atoms with Gasteiger partial charge in [-0.15, -0.1) is 0 Å². The van der Waals surface area contributed by atoms with Crippen LogP contribution >= 0.6 is 0 Å². The number of alkyl carbamates (subject to hydrolysis) is 1. The van der Waals surface area contributed by atoms with Gasteiger partial charge in [-0.2, -0.15) is 0 Å². The van der Waals surface area contributed by atoms with E-state index in [0.29, 0.717) is 47.7 Å². The Kier molecular flexibility index (Phi) is 7.65. The third kappa shape index (κ3) is 5.17. The predicted molar refractivity (Wildman–Crippen MR) is 162 cm³/mol. The van der Waals surface area contributed by atoms with Crippen LogP contribution in [-0.4, -0.2) is 71.1 Å². The summed E-state index contributed by atoms with van der Waals surface area (Å²) in [6.45, 7) is 4.10. The molecule has 4 fully saturated rings. The Morgan fingerprint density at radius 2 is 1.86 bits per heavy atom. The minimum Gasteiger partial charge on any atom is -0.497 e. The molecular weight excluding hydrogens is 560 g/mol. The Hall–Kier alpha value is -3.43. The number of benzene rings is 1. The van der Waals surface area contributed by atoms with E-state index in [1.807, 2.05) is 32.0 Å². The van der Waals surface area contributed by atoms with Crippen LogP contribution in [0.4, 0.5) is 4.79 Å². The van der Waals surface area contributed by atoms with Gasteiger partial charge in [-0.25, -0.2) is 14.8 Å². The number of nitrogens with zero attached hydrogens (tertiary/aromatic N) is 3. The number of amides is 2. The van der Waals surface area contributed by atoms with Gasteiger partial charge in [0.15, 0.2) is 0 Å². The molecule has 3 saturated carbocycles. The molecule has 236 valence electrons. The maximum Gasteiger partial charge on any atom is 0.408 e. The molecule has 44 heavy (non-hydrogen) atoms. The standard InChI is InChI=1S/C34H44N4O6/c1-4-21-27(18-39)38-17-29(21)43-31-30(35-25-10-9-20(42-3)16-26(25)36-31)34(12-13-34)11-7-6-8-22-23-14-19(23)15-28(22)44-33(41)37-24(5-2)32(38)40/h9-10,16,18-19,21-24,27-29H,4-8,11-15,17H2,1-3H3,(H,37,41)/t19?,21-,22+,23?,24-,27+,28+,29-/m0/s1. The maximum absolute atomic E-state index is 13.9. The Morgan fingerprint density at radius 1 is 1.02 bits per heavy atom. The maximum atomic E-state index is 13.9. The summed E-state index contributed by atoms with van der Waals surface area (Å²) in [4.78, 5) is 51.3. The van der Waals surface area contributed by atoms with Crippen molar-refractivity contribution in [3.05, 3.63) is 23.9 Å². The lowest BCUT2D eigenvalue weighted by Crippen LogP contribution is -2.51. The average molecular weight is 605 g/mol. The van der Waals surface area contributed by atoms with Crippen molar-refractivity contribution in [1.82, 2.24) is 20.2 Å². The molecule has 1 aromatic carbocycles. The van der Waals surface area contributed by atoms with Gasteiger partial charge in [-0.1, -0.05) is 26.7 Å². The highest BCUT2D eigenvalue weighted by Gasteiger charge is 2.55. The van der Waals surface area contributed by atoms with E-state index in [2.05, 4.69) is 5.32 Å². The van der Waals surface area contributed by atoms with Crippen molar-refractivity contribution in [3.63, 3.8) is 0 Å². The molecule has 3 aliphatic carbocycles. The minimum absolute atomic E-state index is 0.0946. The molecule has 2 bridgehead atoms. The second-order valence-electron chi connectivity index (χ2n) is 13.7. The van der Waals surface area contributed by atoms with Gasteiger partial charge in [0.1, 0.15) is 36.0 Å². The van der Waals surface area contributed by atoms with Gasteiger partial charge in [-0.05, 0) is 81.3 Å². The molecule has 3 heterocycles. The summed E-state index contributed by atoms with van der Waals surface area (Å²) in [5.74, 6) is 2.34. The second kappa shape index (κ2) is 11.5. The fourth-order valence-electron chi connectivity index (χ4n) is 8.46. The molecule has 1 N–H and O–H groups in total. The van der Waals surface area contributed by atoms with Gasteiger partial charge >= 0.3 is 6.09 Å². The van der Waals surface area contributed by atoms with Crippen LogP contribution in [0.15, 0.2) is 18.2 Å². The Balaban J connectivity index is 1.26. The highest BCUT2D eigenvalue weighted by Crippen LogP contribution is 2.58. The third-order valence-electron chi connectivity index (χ3n) is 11.2. The monoisotopic (exact) mass is 604 g/mol. The average Bonchev–Trinajstić information content (AvgIpc) is 3.93. The van der Waals surface area contributed by atoms with Crippen molar-refractivity contribution < 1.29 is 28.6 Å². The first kappa shape index (κ1) is 29.3. The van der Waals surface area contributed by atoms with Crippen LogP contribution < -0.4 is 14.8 Å². The van der Waals surface area contributed by atoms with E-state index in [4.69, 9.17) is 24.2 Å². The highest BCUT2D eigenvalue weighted by molar-refractivity contribution is 5.88. The molecule has 8 atom stereocenters. The van der Waals surface area contributed by atoms with Gasteiger partial charge in [0.25, 0.3) is 0 Å². The molecule has 2 aromatic rings. The number of methoxy groups -OCH3 is 1. The van der Waals surface area contributed by atoms with Gasteiger partial charge in [-0.3, -0.25) is 4.79 Å². The van der Waals surface area contributed by atoms with E-state index in [1.54, 1.807) is 12.0 Å². The number of rotatable bonds is 4. The summed E-state index contributed by atoms with van der Waals surface area (Å²) in [6, 6.07) is 4.27. The molecule has 5 aliphatic rings. The lowest BCUT2D eigenvalue weighted by atomic mass is 9.90. The zero-order valence-corrected chi connectivity index (χ0v) is 26.0. The smallest absolute Gasteiger partial charge is 0.408 e. The number of hydrogen-bond acceptors (Lipinski definition) is 8. The van der Waals surface area contributed by atoms with E-state index >= 15 is 0 Å². The van der Waals surface area contributed by atoms with E-state index in [0.717, 1.165) is 62.4 Å². The highest BCUT2D eigenvalue weighted by atomic mass is 16.6. The number of hydrogen-bond donors (Lipinski definition) is 1. The summed E-state index contributed by atoms with van der Waals surface area (Å²) in [5, 5.41) is 2.85. The van der Waals surface area contributed by atoms with Crippen LogP contribution in [0, 0.1) is 23.7 Å². The fourth-order valence-corrected chi connectivity index (χ4v) is 8.46. The minimum atomic E-state index is -0.785. The number of carbonyl (C=O) groups excluding carboxylic acids is 3. The quantitative estimate of drug-likeness (QED) is 0.487. The van der Waals surface area contributed by atoms with E-state index in [-0.39, 0.29) is 29.9 Å².